The van der Waals surface area contributed by atoms with Crippen LogP contribution in [0.1, 0.15) is 0 Å². The first kappa shape index (κ1) is 11.2. The molecule has 24 heavy (non-hydrogen) atoms. The van der Waals surface area contributed by atoms with Gasteiger partial charge < -0.3 is 0 Å². The second kappa shape index (κ2) is 3.41. The Morgan fingerprint density at radius 2 is 0.625 bits per heavy atom. The van der Waals surface area contributed by atoms with E-state index in [4.69, 9.17) is 0 Å². The maximum atomic E-state index is 4.45. The summed E-state index contributed by atoms with van der Waals surface area (Å²) in [6, 6.07) is 16.7. The summed E-state index contributed by atoms with van der Waals surface area (Å²) in [6.45, 7) is 0. The molecule has 4 nitrogen and oxygen atoms in total. The van der Waals surface area contributed by atoms with E-state index in [-0.39, 0.29) is 0 Å². The van der Waals surface area contributed by atoms with Crippen LogP contribution in [0.4, 0.5) is 0 Å². The van der Waals surface area contributed by atoms with Gasteiger partial charge in [0, 0.05) is 32.3 Å². The molecule has 0 radical (unpaired) electrons. The Hall–Kier alpha value is -3.40. The first-order valence-corrected chi connectivity index (χ1v) is 7.94. The summed E-state index contributed by atoms with van der Waals surface area (Å²) in [6.07, 6.45) is 0. The van der Waals surface area contributed by atoms with Gasteiger partial charge in [-0.3, -0.25) is 0 Å². The highest BCUT2D eigenvalue weighted by Gasteiger charge is 2.21. The standard InChI is InChI=1S/C20H8N4/c1-5-11-17-15-9(1)2-6-12-18(15)20-14(24-23-12)8-4-10-3-7-13(22-21-11)19(17)16(10)20/h1-8H. The van der Waals surface area contributed by atoms with Crippen molar-refractivity contribution in [2.24, 2.45) is 0 Å². The molecule has 0 atom stereocenters. The minimum absolute atomic E-state index is 0.939. The smallest absolute Gasteiger partial charge is 0.0943 e. The number of hydrogen-bond donors (Lipinski definition) is 0. The highest BCUT2D eigenvalue weighted by Crippen LogP contribution is 2.45. The molecule has 0 bridgehead atoms. The molecule has 7 aromatic rings. The van der Waals surface area contributed by atoms with Crippen LogP contribution in [0.2, 0.25) is 0 Å². The molecule has 0 aliphatic rings. The average Bonchev–Trinajstić information content (AvgIpc) is 2.65. The summed E-state index contributed by atoms with van der Waals surface area (Å²) in [5.74, 6) is 0. The molecule has 2 heterocycles. The molecular weight excluding hydrogens is 296 g/mol. The van der Waals surface area contributed by atoms with Crippen LogP contribution in [0.25, 0.3) is 65.2 Å². The van der Waals surface area contributed by atoms with Crippen LogP contribution in [0, 0.1) is 0 Å². The van der Waals surface area contributed by atoms with Crippen molar-refractivity contribution in [3.8, 4) is 0 Å². The number of nitrogens with zero attached hydrogens (tertiary/aromatic N) is 4. The molecule has 2 aromatic heterocycles. The minimum atomic E-state index is 0.939. The molecule has 0 fully saturated rings. The second-order valence-electron chi connectivity index (χ2n) is 6.43. The molecule has 4 heteroatoms. The van der Waals surface area contributed by atoms with Crippen molar-refractivity contribution >= 4 is 65.2 Å². The molecule has 108 valence electrons. The number of hydrogen-bond acceptors (Lipinski definition) is 4. The normalized spacial score (nSPS) is 13.0. The maximum Gasteiger partial charge on any atom is 0.0943 e. The lowest BCUT2D eigenvalue weighted by Crippen LogP contribution is -1.97. The average molecular weight is 304 g/mol. The van der Waals surface area contributed by atoms with Gasteiger partial charge in [0.25, 0.3) is 0 Å². The van der Waals surface area contributed by atoms with Crippen molar-refractivity contribution in [2.45, 2.75) is 0 Å². The Balaban J connectivity index is 2.11. The zero-order chi connectivity index (χ0) is 15.4. The summed E-state index contributed by atoms with van der Waals surface area (Å²) in [7, 11) is 0. The van der Waals surface area contributed by atoms with E-state index in [0.29, 0.717) is 0 Å². The van der Waals surface area contributed by atoms with Gasteiger partial charge in [-0.1, -0.05) is 24.3 Å². The van der Waals surface area contributed by atoms with Gasteiger partial charge in [0.15, 0.2) is 0 Å². The van der Waals surface area contributed by atoms with Crippen LogP contribution >= 0.6 is 0 Å². The van der Waals surface area contributed by atoms with Crippen molar-refractivity contribution in [3.63, 3.8) is 0 Å². The molecule has 0 aliphatic carbocycles. The van der Waals surface area contributed by atoms with Crippen LogP contribution in [0.3, 0.4) is 0 Å². The van der Waals surface area contributed by atoms with Crippen molar-refractivity contribution in [3.05, 3.63) is 48.5 Å². The van der Waals surface area contributed by atoms with E-state index in [2.05, 4.69) is 68.9 Å². The predicted octanol–water partition coefficient (Wildman–Crippen LogP) is 4.50. The highest BCUT2D eigenvalue weighted by atomic mass is 15.1. The topological polar surface area (TPSA) is 51.6 Å². The molecule has 0 N–H and O–H groups in total. The Bertz CT molecular complexity index is 1160. The van der Waals surface area contributed by atoms with E-state index in [1.54, 1.807) is 0 Å². The fourth-order valence-electron chi connectivity index (χ4n) is 4.35. The molecule has 0 saturated carbocycles. The van der Waals surface area contributed by atoms with Crippen LogP contribution in [-0.2, 0) is 0 Å². The van der Waals surface area contributed by atoms with E-state index in [9.17, 15) is 0 Å². The Labute approximate surface area is 134 Å². The Morgan fingerprint density at radius 3 is 0.917 bits per heavy atom. The van der Waals surface area contributed by atoms with Gasteiger partial charge in [-0.2, -0.15) is 0 Å². The predicted molar refractivity (Wildman–Crippen MR) is 96.2 cm³/mol. The number of aromatic nitrogens is 4. The summed E-state index contributed by atoms with van der Waals surface area (Å²) in [5.41, 5.74) is 3.76. The van der Waals surface area contributed by atoms with Gasteiger partial charge in [-0.05, 0) is 35.0 Å². The van der Waals surface area contributed by atoms with E-state index < -0.39 is 0 Å². The molecule has 0 aliphatic heterocycles. The van der Waals surface area contributed by atoms with Gasteiger partial charge >= 0.3 is 0 Å². The Kier molecular flexibility index (Phi) is 1.59. The van der Waals surface area contributed by atoms with Crippen LogP contribution in [-0.4, -0.2) is 20.4 Å². The third-order valence-electron chi connectivity index (χ3n) is 5.32. The molecular formula is C20H8N4. The van der Waals surface area contributed by atoms with Gasteiger partial charge in [0.05, 0.1) is 22.1 Å². The third-order valence-corrected chi connectivity index (χ3v) is 5.32. The fraction of sp³-hybridized carbons (Fsp3) is 0. The van der Waals surface area contributed by atoms with E-state index in [1.165, 1.54) is 43.1 Å². The lowest BCUT2D eigenvalue weighted by atomic mass is 9.87. The summed E-state index contributed by atoms with van der Waals surface area (Å²) in [4.78, 5) is 0. The van der Waals surface area contributed by atoms with Crippen molar-refractivity contribution < 1.29 is 0 Å². The zero-order valence-corrected chi connectivity index (χ0v) is 12.4. The van der Waals surface area contributed by atoms with E-state index in [1.807, 2.05) is 0 Å². The maximum absolute atomic E-state index is 4.45. The first-order chi connectivity index (χ1) is 11.9. The second-order valence-corrected chi connectivity index (χ2v) is 6.43. The molecule has 7 rings (SSSR count). The van der Waals surface area contributed by atoms with Gasteiger partial charge in [-0.25, -0.2) is 0 Å². The molecule has 5 aromatic carbocycles. The number of rotatable bonds is 0. The minimum Gasteiger partial charge on any atom is -0.150 e. The highest BCUT2D eigenvalue weighted by molar-refractivity contribution is 6.42. The van der Waals surface area contributed by atoms with E-state index >= 15 is 0 Å². The zero-order valence-electron chi connectivity index (χ0n) is 12.4. The SMILES string of the molecule is c1cc2nnc3ccc4ccc5nnc6ccc1c1c2c3c4c5c61. The lowest BCUT2D eigenvalue weighted by Gasteiger charge is -2.18. The van der Waals surface area contributed by atoms with Crippen molar-refractivity contribution in [2.75, 3.05) is 0 Å². The molecule has 0 saturated heterocycles. The quantitative estimate of drug-likeness (QED) is 0.306. The fourth-order valence-corrected chi connectivity index (χ4v) is 4.35. The molecule has 0 unspecified atom stereocenters. The first-order valence-electron chi connectivity index (χ1n) is 7.94. The molecule has 0 spiro atoms. The largest absolute Gasteiger partial charge is 0.150 e. The van der Waals surface area contributed by atoms with Crippen molar-refractivity contribution in [1.82, 2.24) is 20.4 Å². The summed E-state index contributed by atoms with van der Waals surface area (Å²) >= 11 is 0. The van der Waals surface area contributed by atoms with Gasteiger partial charge in [0.1, 0.15) is 0 Å². The third kappa shape index (κ3) is 1.04. The Morgan fingerprint density at radius 1 is 0.333 bits per heavy atom. The van der Waals surface area contributed by atoms with Crippen LogP contribution in [0.15, 0.2) is 48.5 Å². The van der Waals surface area contributed by atoms with Crippen LogP contribution in [0.5, 0.6) is 0 Å². The monoisotopic (exact) mass is 304 g/mol. The molecule has 0 amide bonds. The van der Waals surface area contributed by atoms with Crippen LogP contribution < -0.4 is 0 Å². The summed E-state index contributed by atoms with van der Waals surface area (Å²) < 4.78 is 0. The summed E-state index contributed by atoms with van der Waals surface area (Å²) in [5, 5.41) is 27.5. The van der Waals surface area contributed by atoms with Crippen molar-refractivity contribution in [1.29, 1.82) is 0 Å². The van der Waals surface area contributed by atoms with E-state index in [0.717, 1.165) is 22.1 Å². The van der Waals surface area contributed by atoms with Gasteiger partial charge in [-0.15, -0.1) is 20.4 Å². The lowest BCUT2D eigenvalue weighted by molar-refractivity contribution is 1.12. The number of benzene rings is 5. The van der Waals surface area contributed by atoms with Gasteiger partial charge in [0.2, 0.25) is 0 Å².